The topological polar surface area (TPSA) is 61.9 Å². The second-order valence-electron chi connectivity index (χ2n) is 4.08. The smallest absolute Gasteiger partial charge is 0.170 e. The van der Waals surface area contributed by atoms with E-state index in [0.717, 1.165) is 18.7 Å². The van der Waals surface area contributed by atoms with E-state index in [9.17, 15) is 0 Å². The molecule has 0 atom stereocenters. The number of hydrogen-bond acceptors (Lipinski definition) is 3. The maximum absolute atomic E-state index is 8.56. The van der Waals surface area contributed by atoms with Crippen LogP contribution in [-0.4, -0.2) is 24.1 Å². The van der Waals surface area contributed by atoms with Crippen LogP contribution in [0.4, 0.5) is 5.69 Å². The van der Waals surface area contributed by atoms with Gasteiger partial charge in [0.15, 0.2) is 5.84 Å². The van der Waals surface area contributed by atoms with Crippen LogP contribution >= 0.6 is 37.2 Å². The SMILES string of the molecule is Cl.Cl.Cl.N/C(=N\O)c1ccc(N2CCCCC2)cc1. The van der Waals surface area contributed by atoms with Gasteiger partial charge in [-0.15, -0.1) is 37.2 Å². The molecule has 0 aromatic heterocycles. The van der Waals surface area contributed by atoms with Crippen molar-refractivity contribution in [3.8, 4) is 0 Å². The highest BCUT2D eigenvalue weighted by Crippen LogP contribution is 2.19. The van der Waals surface area contributed by atoms with E-state index >= 15 is 0 Å². The highest BCUT2D eigenvalue weighted by Gasteiger charge is 2.10. The molecular weight excluding hydrogens is 309 g/mol. The predicted molar refractivity (Wildman–Crippen MR) is 86.8 cm³/mol. The molecule has 110 valence electrons. The lowest BCUT2D eigenvalue weighted by atomic mass is 10.1. The Morgan fingerprint density at radius 3 is 2.00 bits per heavy atom. The van der Waals surface area contributed by atoms with Gasteiger partial charge in [0.2, 0.25) is 0 Å². The molecule has 0 bridgehead atoms. The monoisotopic (exact) mass is 327 g/mol. The van der Waals surface area contributed by atoms with E-state index in [1.807, 2.05) is 24.3 Å². The van der Waals surface area contributed by atoms with Gasteiger partial charge in [-0.1, -0.05) is 5.16 Å². The van der Waals surface area contributed by atoms with Gasteiger partial charge in [-0.3, -0.25) is 0 Å². The Morgan fingerprint density at radius 2 is 1.53 bits per heavy atom. The number of amidine groups is 1. The van der Waals surface area contributed by atoms with Crippen molar-refractivity contribution in [1.29, 1.82) is 0 Å². The van der Waals surface area contributed by atoms with E-state index in [1.54, 1.807) is 0 Å². The van der Waals surface area contributed by atoms with Crippen LogP contribution in [-0.2, 0) is 0 Å². The van der Waals surface area contributed by atoms with Gasteiger partial charge >= 0.3 is 0 Å². The quantitative estimate of drug-likeness (QED) is 0.380. The Morgan fingerprint density at radius 1 is 1.00 bits per heavy atom. The number of nitrogens with two attached hydrogens (primary N) is 1. The summed E-state index contributed by atoms with van der Waals surface area (Å²) in [6.07, 6.45) is 3.86. The van der Waals surface area contributed by atoms with Crippen molar-refractivity contribution in [2.24, 2.45) is 10.9 Å². The summed E-state index contributed by atoms with van der Waals surface area (Å²) in [6, 6.07) is 7.83. The molecule has 3 N–H and O–H groups in total. The van der Waals surface area contributed by atoms with E-state index in [-0.39, 0.29) is 43.1 Å². The molecule has 1 aromatic carbocycles. The summed E-state index contributed by atoms with van der Waals surface area (Å²) in [7, 11) is 0. The number of hydrogen-bond donors (Lipinski definition) is 2. The number of piperidine rings is 1. The van der Waals surface area contributed by atoms with Crippen LogP contribution in [0, 0.1) is 0 Å². The summed E-state index contributed by atoms with van der Waals surface area (Å²) < 4.78 is 0. The van der Waals surface area contributed by atoms with Crippen molar-refractivity contribution in [2.75, 3.05) is 18.0 Å². The van der Waals surface area contributed by atoms with Crippen LogP contribution in [0.2, 0.25) is 0 Å². The standard InChI is InChI=1S/C12H17N3O.3ClH/c13-12(14-16)10-4-6-11(7-5-10)15-8-2-1-3-9-15;;;/h4-7,16H,1-3,8-9H2,(H2,13,14);3*1H. The third-order valence-electron chi connectivity index (χ3n) is 2.99. The lowest BCUT2D eigenvalue weighted by molar-refractivity contribution is 0.318. The van der Waals surface area contributed by atoms with Gasteiger partial charge in [0, 0.05) is 24.3 Å². The van der Waals surface area contributed by atoms with Crippen molar-refractivity contribution < 1.29 is 5.21 Å². The molecule has 0 amide bonds. The Hall–Kier alpha value is -0.840. The second kappa shape index (κ2) is 10.0. The van der Waals surface area contributed by atoms with Crippen molar-refractivity contribution in [3.05, 3.63) is 29.8 Å². The minimum Gasteiger partial charge on any atom is -0.409 e. The largest absolute Gasteiger partial charge is 0.409 e. The Bertz CT molecular complexity index is 378. The third kappa shape index (κ3) is 5.35. The lowest BCUT2D eigenvalue weighted by Gasteiger charge is -2.28. The number of nitrogens with zero attached hydrogens (tertiary/aromatic N) is 2. The maximum atomic E-state index is 8.56. The van der Waals surface area contributed by atoms with Crippen LogP contribution in [0.3, 0.4) is 0 Å². The fourth-order valence-corrected chi connectivity index (χ4v) is 2.05. The number of halogens is 3. The average molecular weight is 329 g/mol. The van der Waals surface area contributed by atoms with E-state index in [0.29, 0.717) is 0 Å². The molecular formula is C12H20Cl3N3O. The predicted octanol–water partition coefficient (Wildman–Crippen LogP) is 3.04. The molecule has 0 spiro atoms. The molecule has 2 rings (SSSR count). The van der Waals surface area contributed by atoms with E-state index in [1.165, 1.54) is 24.9 Å². The molecule has 19 heavy (non-hydrogen) atoms. The molecule has 0 aliphatic carbocycles. The summed E-state index contributed by atoms with van der Waals surface area (Å²) in [4.78, 5) is 2.37. The fraction of sp³-hybridized carbons (Fsp3) is 0.417. The summed E-state index contributed by atoms with van der Waals surface area (Å²) in [5.74, 6) is 0.158. The highest BCUT2D eigenvalue weighted by atomic mass is 35.5. The van der Waals surface area contributed by atoms with Gasteiger partial charge in [-0.2, -0.15) is 0 Å². The van der Waals surface area contributed by atoms with Crippen LogP contribution in [0.5, 0.6) is 0 Å². The minimum atomic E-state index is 0. The first-order valence-corrected chi connectivity index (χ1v) is 5.64. The zero-order chi connectivity index (χ0) is 11.4. The maximum Gasteiger partial charge on any atom is 0.170 e. The van der Waals surface area contributed by atoms with Crippen molar-refractivity contribution in [3.63, 3.8) is 0 Å². The van der Waals surface area contributed by atoms with Gasteiger partial charge in [0.05, 0.1) is 0 Å². The number of oxime groups is 1. The average Bonchev–Trinajstić information content (AvgIpc) is 2.39. The Balaban J connectivity index is 0. The first-order chi connectivity index (χ1) is 7.81. The molecule has 4 nitrogen and oxygen atoms in total. The van der Waals surface area contributed by atoms with Crippen molar-refractivity contribution >= 4 is 48.7 Å². The van der Waals surface area contributed by atoms with Gasteiger partial charge in [0.1, 0.15) is 0 Å². The Kier molecular flexibility index (Phi) is 10.8. The van der Waals surface area contributed by atoms with E-state index in [2.05, 4.69) is 10.1 Å². The lowest BCUT2D eigenvalue weighted by Crippen LogP contribution is -2.29. The highest BCUT2D eigenvalue weighted by molar-refractivity contribution is 5.97. The fourth-order valence-electron chi connectivity index (χ4n) is 2.05. The summed E-state index contributed by atoms with van der Waals surface area (Å²) >= 11 is 0. The van der Waals surface area contributed by atoms with Crippen molar-refractivity contribution in [1.82, 2.24) is 0 Å². The molecule has 1 aromatic rings. The zero-order valence-electron chi connectivity index (χ0n) is 10.5. The first kappa shape index (κ1) is 20.5. The van der Waals surface area contributed by atoms with Gasteiger partial charge in [-0.25, -0.2) is 0 Å². The van der Waals surface area contributed by atoms with Crippen LogP contribution in [0.1, 0.15) is 24.8 Å². The molecule has 0 saturated carbocycles. The number of anilines is 1. The van der Waals surface area contributed by atoms with Gasteiger partial charge < -0.3 is 15.8 Å². The van der Waals surface area contributed by atoms with Gasteiger partial charge in [0.25, 0.3) is 0 Å². The van der Waals surface area contributed by atoms with Crippen LogP contribution < -0.4 is 10.6 Å². The first-order valence-electron chi connectivity index (χ1n) is 5.64. The molecule has 0 unspecified atom stereocenters. The molecule has 0 radical (unpaired) electrons. The zero-order valence-corrected chi connectivity index (χ0v) is 12.9. The summed E-state index contributed by atoms with van der Waals surface area (Å²) in [5.41, 5.74) is 7.48. The van der Waals surface area contributed by atoms with Crippen LogP contribution in [0.15, 0.2) is 29.4 Å². The number of rotatable bonds is 2. The van der Waals surface area contributed by atoms with Crippen molar-refractivity contribution in [2.45, 2.75) is 19.3 Å². The minimum absolute atomic E-state index is 0. The molecule has 1 aliphatic heterocycles. The number of benzene rings is 1. The normalized spacial score (nSPS) is 14.7. The third-order valence-corrected chi connectivity index (χ3v) is 2.99. The molecule has 1 saturated heterocycles. The second-order valence-corrected chi connectivity index (χ2v) is 4.08. The van der Waals surface area contributed by atoms with E-state index < -0.39 is 0 Å². The van der Waals surface area contributed by atoms with Gasteiger partial charge in [-0.05, 0) is 43.5 Å². The molecule has 7 heteroatoms. The molecule has 1 fully saturated rings. The summed E-state index contributed by atoms with van der Waals surface area (Å²) in [6.45, 7) is 2.26. The van der Waals surface area contributed by atoms with E-state index in [4.69, 9.17) is 10.9 Å². The molecule has 1 aliphatic rings. The van der Waals surface area contributed by atoms with Crippen LogP contribution in [0.25, 0.3) is 0 Å². The summed E-state index contributed by atoms with van der Waals surface area (Å²) in [5, 5.41) is 11.5. The Labute approximate surface area is 132 Å². The molecule has 1 heterocycles.